The molecule has 0 spiro atoms. The number of halogens is 4. The molecule has 0 unspecified atom stereocenters. The molecule has 1 aromatic carbocycles. The van der Waals surface area contributed by atoms with Crippen molar-refractivity contribution in [2.45, 2.75) is 6.54 Å². The van der Waals surface area contributed by atoms with Crippen molar-refractivity contribution >= 4 is 64.7 Å². The Morgan fingerprint density at radius 2 is 1.77 bits per heavy atom. The van der Waals surface area contributed by atoms with E-state index in [2.05, 4.69) is 25.8 Å². The summed E-state index contributed by atoms with van der Waals surface area (Å²) >= 11 is 3.36. The first kappa shape index (κ1) is 24.9. The summed E-state index contributed by atoms with van der Waals surface area (Å²) < 4.78 is 0.881. The summed E-state index contributed by atoms with van der Waals surface area (Å²) in [6, 6.07) is 11.3. The van der Waals surface area contributed by atoms with Crippen LogP contribution in [0.4, 0.5) is 5.69 Å². The molecule has 1 fully saturated rings. The molecule has 0 bridgehead atoms. The van der Waals surface area contributed by atoms with Crippen LogP contribution in [0.3, 0.4) is 0 Å². The van der Waals surface area contributed by atoms with Gasteiger partial charge in [0, 0.05) is 49.1 Å². The van der Waals surface area contributed by atoms with Gasteiger partial charge in [0.1, 0.15) is 0 Å². The highest BCUT2D eigenvalue weighted by atomic mass is 79.9. The number of rotatable bonds is 3. The Morgan fingerprint density at radius 1 is 1.08 bits per heavy atom. The maximum atomic E-state index is 12.6. The third-order valence-electron chi connectivity index (χ3n) is 4.02. The number of hydrogen-bond acceptors (Lipinski definition) is 4. The molecule has 9 heteroatoms. The van der Waals surface area contributed by atoms with E-state index in [0.29, 0.717) is 24.3 Å². The van der Waals surface area contributed by atoms with Gasteiger partial charge in [-0.25, -0.2) is 0 Å². The fourth-order valence-electron chi connectivity index (χ4n) is 2.73. The fraction of sp³-hybridized carbons (Fsp3) is 0.294. The lowest BCUT2D eigenvalue weighted by atomic mass is 10.1. The number of nitrogens with zero attached hydrogens (tertiary/aromatic N) is 3. The number of nitrogen functional groups attached to an aromatic ring is 1. The minimum absolute atomic E-state index is 0. The second kappa shape index (κ2) is 11.6. The molecule has 26 heavy (non-hydrogen) atoms. The van der Waals surface area contributed by atoms with Crippen LogP contribution in [0.2, 0.25) is 0 Å². The molecule has 144 valence electrons. The van der Waals surface area contributed by atoms with Crippen LogP contribution >= 0.6 is 53.2 Å². The van der Waals surface area contributed by atoms with E-state index in [-0.39, 0.29) is 43.1 Å². The van der Waals surface area contributed by atoms with E-state index in [9.17, 15) is 4.79 Å². The molecule has 0 atom stereocenters. The molecule has 1 aliphatic rings. The second-order valence-electron chi connectivity index (χ2n) is 5.62. The van der Waals surface area contributed by atoms with Crippen molar-refractivity contribution in [3.8, 4) is 0 Å². The highest BCUT2D eigenvalue weighted by molar-refractivity contribution is 9.10. The van der Waals surface area contributed by atoms with Crippen molar-refractivity contribution < 1.29 is 4.79 Å². The van der Waals surface area contributed by atoms with Gasteiger partial charge in [-0.3, -0.25) is 14.7 Å². The van der Waals surface area contributed by atoms with Gasteiger partial charge in [-0.2, -0.15) is 0 Å². The molecule has 5 nitrogen and oxygen atoms in total. The van der Waals surface area contributed by atoms with Crippen LogP contribution in [0.15, 0.2) is 47.1 Å². The van der Waals surface area contributed by atoms with Crippen molar-refractivity contribution in [1.29, 1.82) is 0 Å². The lowest BCUT2D eigenvalue weighted by Crippen LogP contribution is -2.48. The monoisotopic (exact) mass is 482 g/mol. The highest BCUT2D eigenvalue weighted by Crippen LogP contribution is 2.20. The van der Waals surface area contributed by atoms with E-state index in [1.54, 1.807) is 12.1 Å². The van der Waals surface area contributed by atoms with Crippen LogP contribution < -0.4 is 5.73 Å². The van der Waals surface area contributed by atoms with Gasteiger partial charge in [0.2, 0.25) is 0 Å². The van der Waals surface area contributed by atoms with Crippen molar-refractivity contribution in [3.05, 3.63) is 58.3 Å². The van der Waals surface area contributed by atoms with E-state index >= 15 is 0 Å². The molecule has 1 saturated heterocycles. The SMILES string of the molecule is Cl.Cl.Cl.Nc1cc(Br)ccc1C(=O)N1CCN(Cc2ccccn2)CC1. The van der Waals surface area contributed by atoms with E-state index in [0.717, 1.165) is 29.8 Å². The van der Waals surface area contributed by atoms with Crippen LogP contribution in [-0.4, -0.2) is 46.9 Å². The first-order valence-electron chi connectivity index (χ1n) is 7.60. The van der Waals surface area contributed by atoms with E-state index in [4.69, 9.17) is 5.73 Å². The van der Waals surface area contributed by atoms with Crippen LogP contribution in [0.5, 0.6) is 0 Å². The first-order chi connectivity index (χ1) is 11.1. The van der Waals surface area contributed by atoms with Gasteiger partial charge in [0.25, 0.3) is 5.91 Å². The first-order valence-corrected chi connectivity index (χ1v) is 8.39. The van der Waals surface area contributed by atoms with Crippen molar-refractivity contribution in [3.63, 3.8) is 0 Å². The molecule has 2 N–H and O–H groups in total. The second-order valence-corrected chi connectivity index (χ2v) is 6.54. The zero-order valence-corrected chi connectivity index (χ0v) is 18.0. The minimum atomic E-state index is 0. The quantitative estimate of drug-likeness (QED) is 0.676. The average Bonchev–Trinajstić information content (AvgIpc) is 2.56. The Hall–Kier alpha value is -1.05. The average molecular weight is 485 g/mol. The molecule has 1 aliphatic heterocycles. The van der Waals surface area contributed by atoms with E-state index in [1.807, 2.05) is 35.4 Å². The summed E-state index contributed by atoms with van der Waals surface area (Å²) in [5, 5.41) is 0. The lowest BCUT2D eigenvalue weighted by molar-refractivity contribution is 0.0628. The van der Waals surface area contributed by atoms with Gasteiger partial charge in [-0.15, -0.1) is 37.2 Å². The number of pyridine rings is 1. The summed E-state index contributed by atoms with van der Waals surface area (Å²) in [4.78, 5) is 21.1. The van der Waals surface area contributed by atoms with E-state index < -0.39 is 0 Å². The Bertz CT molecular complexity index is 698. The molecule has 2 aromatic rings. The Kier molecular flexibility index (Phi) is 11.1. The van der Waals surface area contributed by atoms with Gasteiger partial charge in [-0.05, 0) is 30.3 Å². The van der Waals surface area contributed by atoms with Crippen LogP contribution in [-0.2, 0) is 6.54 Å². The Labute approximate surface area is 180 Å². The smallest absolute Gasteiger partial charge is 0.256 e. The minimum Gasteiger partial charge on any atom is -0.398 e. The molecule has 1 aromatic heterocycles. The van der Waals surface area contributed by atoms with Gasteiger partial charge in [0.05, 0.1) is 11.3 Å². The molecule has 1 amide bonds. The normalized spacial score (nSPS) is 13.8. The number of piperazine rings is 1. The molecular weight excluding hydrogens is 462 g/mol. The Morgan fingerprint density at radius 3 is 2.35 bits per heavy atom. The summed E-state index contributed by atoms with van der Waals surface area (Å²) in [5.74, 6) is 0.00693. The maximum absolute atomic E-state index is 12.6. The summed E-state index contributed by atoms with van der Waals surface area (Å²) in [6.45, 7) is 3.93. The molecule has 0 radical (unpaired) electrons. The lowest BCUT2D eigenvalue weighted by Gasteiger charge is -2.34. The number of benzene rings is 1. The third kappa shape index (κ3) is 6.28. The number of hydrogen-bond donors (Lipinski definition) is 1. The standard InChI is InChI=1S/C17H19BrN4O.3ClH/c18-13-4-5-15(16(19)11-13)17(23)22-9-7-21(8-10-22)12-14-3-1-2-6-20-14;;;/h1-6,11H,7-10,12,19H2;3*1H. The molecule has 3 rings (SSSR count). The van der Waals surface area contributed by atoms with E-state index in [1.165, 1.54) is 0 Å². The fourth-order valence-corrected chi connectivity index (χ4v) is 3.11. The van der Waals surface area contributed by atoms with Gasteiger partial charge >= 0.3 is 0 Å². The number of anilines is 1. The summed E-state index contributed by atoms with van der Waals surface area (Å²) in [5.41, 5.74) is 8.11. The highest BCUT2D eigenvalue weighted by Gasteiger charge is 2.23. The molecule has 0 aliphatic carbocycles. The van der Waals surface area contributed by atoms with Crippen LogP contribution in [0.25, 0.3) is 0 Å². The van der Waals surface area contributed by atoms with Crippen molar-refractivity contribution in [2.75, 3.05) is 31.9 Å². The number of carbonyl (C=O) groups excluding carboxylic acids is 1. The van der Waals surface area contributed by atoms with Gasteiger partial charge in [0.15, 0.2) is 0 Å². The zero-order chi connectivity index (χ0) is 16.2. The van der Waals surface area contributed by atoms with Gasteiger partial charge in [-0.1, -0.05) is 22.0 Å². The number of carbonyl (C=O) groups is 1. The number of nitrogens with two attached hydrogens (primary N) is 1. The predicted molar refractivity (Wildman–Crippen MR) is 116 cm³/mol. The predicted octanol–water partition coefficient (Wildman–Crippen LogP) is 3.65. The van der Waals surface area contributed by atoms with Gasteiger partial charge < -0.3 is 10.6 Å². The Balaban J connectivity index is 0.00000208. The number of aromatic nitrogens is 1. The third-order valence-corrected chi connectivity index (χ3v) is 4.51. The zero-order valence-electron chi connectivity index (χ0n) is 14.0. The van der Waals surface area contributed by atoms with Crippen LogP contribution in [0, 0.1) is 0 Å². The van der Waals surface area contributed by atoms with Crippen molar-refractivity contribution in [1.82, 2.24) is 14.8 Å². The largest absolute Gasteiger partial charge is 0.398 e. The summed E-state index contributed by atoms with van der Waals surface area (Å²) in [6.07, 6.45) is 1.81. The van der Waals surface area contributed by atoms with Crippen molar-refractivity contribution in [2.24, 2.45) is 0 Å². The number of amides is 1. The molecule has 2 heterocycles. The van der Waals surface area contributed by atoms with Crippen LogP contribution in [0.1, 0.15) is 16.1 Å². The maximum Gasteiger partial charge on any atom is 0.256 e. The summed E-state index contributed by atoms with van der Waals surface area (Å²) in [7, 11) is 0. The molecular formula is C17H22BrCl3N4O. The molecule has 0 saturated carbocycles. The topological polar surface area (TPSA) is 62.5 Å².